The molecular weight excluding hydrogens is 464 g/mol. The van der Waals surface area contributed by atoms with Crippen LogP contribution in [0.3, 0.4) is 0 Å². The molecule has 1 unspecified atom stereocenters. The molecule has 2 aromatic heterocycles. The van der Waals surface area contributed by atoms with Crippen molar-refractivity contribution in [3.8, 4) is 17.4 Å². The molecule has 180 valence electrons. The fourth-order valence-corrected chi connectivity index (χ4v) is 5.54. The van der Waals surface area contributed by atoms with Crippen LogP contribution in [-0.4, -0.2) is 24.8 Å². The van der Waals surface area contributed by atoms with Crippen molar-refractivity contribution in [2.45, 2.75) is 40.0 Å². The van der Waals surface area contributed by atoms with Gasteiger partial charge in [-0.15, -0.1) is 11.3 Å². The zero-order valence-electron chi connectivity index (χ0n) is 19.8. The van der Waals surface area contributed by atoms with Gasteiger partial charge in [0, 0.05) is 10.4 Å². The van der Waals surface area contributed by atoms with Crippen LogP contribution in [0.1, 0.15) is 64.1 Å². The van der Waals surface area contributed by atoms with Gasteiger partial charge in [-0.25, -0.2) is 4.79 Å². The number of carbonyl (C=O) groups excluding carboxylic acids is 3. The molecule has 8 heteroatoms. The van der Waals surface area contributed by atoms with Gasteiger partial charge in [0.25, 0.3) is 5.91 Å². The maximum absolute atomic E-state index is 12.5. The van der Waals surface area contributed by atoms with E-state index in [1.54, 1.807) is 36.4 Å². The molecule has 2 heterocycles. The number of anilines is 1. The van der Waals surface area contributed by atoms with Crippen molar-refractivity contribution in [1.82, 2.24) is 0 Å². The number of carbonyl (C=O) groups is 3. The van der Waals surface area contributed by atoms with Crippen molar-refractivity contribution >= 4 is 34.5 Å². The summed E-state index contributed by atoms with van der Waals surface area (Å²) in [5.41, 5.74) is 2.71. The largest absolute Gasteiger partial charge is 0.453 e. The van der Waals surface area contributed by atoms with E-state index in [1.165, 1.54) is 11.3 Å². The monoisotopic (exact) mass is 490 g/mol. The molecule has 0 spiro atoms. The average Bonchev–Trinajstić information content (AvgIpc) is 3.45. The lowest BCUT2D eigenvalue weighted by molar-refractivity contribution is -0.119. The molecule has 1 aliphatic carbocycles. The van der Waals surface area contributed by atoms with E-state index in [0.717, 1.165) is 29.7 Å². The number of hydrogen-bond donors (Lipinski definition) is 1. The van der Waals surface area contributed by atoms with Crippen molar-refractivity contribution in [2.75, 3.05) is 11.9 Å². The highest BCUT2D eigenvalue weighted by atomic mass is 32.1. The summed E-state index contributed by atoms with van der Waals surface area (Å²) in [7, 11) is 0. The van der Waals surface area contributed by atoms with Crippen molar-refractivity contribution in [3.05, 3.63) is 63.7 Å². The van der Waals surface area contributed by atoms with E-state index in [-0.39, 0.29) is 16.7 Å². The lowest BCUT2D eigenvalue weighted by Crippen LogP contribution is -2.26. The lowest BCUT2D eigenvalue weighted by atomic mass is 9.72. The van der Waals surface area contributed by atoms with E-state index >= 15 is 0 Å². The number of fused-ring (bicyclic) bond motifs is 1. The van der Waals surface area contributed by atoms with Gasteiger partial charge in [0.2, 0.25) is 0 Å². The minimum atomic E-state index is -0.640. The summed E-state index contributed by atoms with van der Waals surface area (Å²) in [6.45, 7) is 6.23. The van der Waals surface area contributed by atoms with Gasteiger partial charge in [-0.05, 0) is 60.4 Å². The Kier molecular flexibility index (Phi) is 6.90. The summed E-state index contributed by atoms with van der Waals surface area (Å²) in [5, 5.41) is 13.0. The maximum Gasteiger partial charge on any atom is 0.338 e. The van der Waals surface area contributed by atoms with Crippen LogP contribution in [0.15, 0.2) is 40.8 Å². The minimum Gasteiger partial charge on any atom is -0.453 e. The number of esters is 1. The van der Waals surface area contributed by atoms with Crippen LogP contribution in [0, 0.1) is 22.7 Å². The molecule has 1 amide bonds. The molecule has 0 saturated heterocycles. The first-order valence-corrected chi connectivity index (χ1v) is 12.2. The van der Waals surface area contributed by atoms with E-state index in [0.29, 0.717) is 34.1 Å². The van der Waals surface area contributed by atoms with Crippen LogP contribution in [0.25, 0.3) is 11.3 Å². The number of thiophene rings is 1. The second kappa shape index (κ2) is 9.88. The van der Waals surface area contributed by atoms with E-state index < -0.39 is 18.5 Å². The normalized spacial score (nSPS) is 15.1. The zero-order valence-corrected chi connectivity index (χ0v) is 20.7. The third-order valence-electron chi connectivity index (χ3n) is 6.34. The fourth-order valence-electron chi connectivity index (χ4n) is 4.25. The predicted molar refractivity (Wildman–Crippen MR) is 132 cm³/mol. The Bertz CT molecular complexity index is 1300. The molecule has 4 rings (SSSR count). The number of hydrogen-bond acceptors (Lipinski definition) is 7. The quantitative estimate of drug-likeness (QED) is 0.354. The molecule has 7 nitrogen and oxygen atoms in total. The van der Waals surface area contributed by atoms with E-state index in [2.05, 4.69) is 32.2 Å². The van der Waals surface area contributed by atoms with Crippen LogP contribution in [-0.2, 0) is 22.4 Å². The van der Waals surface area contributed by atoms with Gasteiger partial charge in [0.1, 0.15) is 16.8 Å². The number of nitrogens with one attached hydrogen (secondary N) is 1. The third kappa shape index (κ3) is 5.36. The summed E-state index contributed by atoms with van der Waals surface area (Å²) < 4.78 is 10.5. The first kappa shape index (κ1) is 24.4. The highest BCUT2D eigenvalue weighted by molar-refractivity contribution is 7.16. The van der Waals surface area contributed by atoms with Crippen molar-refractivity contribution < 1.29 is 23.5 Å². The summed E-state index contributed by atoms with van der Waals surface area (Å²) in [6, 6.07) is 11.9. The van der Waals surface area contributed by atoms with E-state index in [9.17, 15) is 19.6 Å². The average molecular weight is 491 g/mol. The Morgan fingerprint density at radius 2 is 1.97 bits per heavy atom. The first-order chi connectivity index (χ1) is 16.7. The maximum atomic E-state index is 12.5. The molecule has 1 aromatic carbocycles. The van der Waals surface area contributed by atoms with Gasteiger partial charge in [0.15, 0.2) is 18.7 Å². The highest BCUT2D eigenvalue weighted by Gasteiger charge is 2.32. The lowest BCUT2D eigenvalue weighted by Gasteiger charge is -2.33. The summed E-state index contributed by atoms with van der Waals surface area (Å²) in [6.07, 6.45) is 3.36. The molecule has 1 atom stereocenters. The molecule has 0 aliphatic heterocycles. The molecular formula is C27H26N2O5S. The van der Waals surface area contributed by atoms with Crippen molar-refractivity contribution in [2.24, 2.45) is 11.3 Å². The number of aldehydes is 1. The van der Waals surface area contributed by atoms with Gasteiger partial charge in [0.05, 0.1) is 11.1 Å². The second-order valence-electron chi connectivity index (χ2n) is 9.65. The molecule has 0 fully saturated rings. The van der Waals surface area contributed by atoms with Gasteiger partial charge in [-0.3, -0.25) is 9.59 Å². The van der Waals surface area contributed by atoms with Crippen LogP contribution in [0.5, 0.6) is 0 Å². The number of rotatable bonds is 6. The summed E-state index contributed by atoms with van der Waals surface area (Å²) in [5.74, 6) is 0.117. The zero-order chi connectivity index (χ0) is 25.2. The Hall–Kier alpha value is -3.70. The molecule has 0 saturated carbocycles. The van der Waals surface area contributed by atoms with E-state index in [4.69, 9.17) is 9.15 Å². The van der Waals surface area contributed by atoms with Gasteiger partial charge in [-0.2, -0.15) is 5.26 Å². The molecule has 0 radical (unpaired) electrons. The molecule has 1 N–H and O–H groups in total. The summed E-state index contributed by atoms with van der Waals surface area (Å²) in [4.78, 5) is 36.8. The molecule has 0 bridgehead atoms. The third-order valence-corrected chi connectivity index (χ3v) is 7.51. The minimum absolute atomic E-state index is 0.181. The Morgan fingerprint density at radius 1 is 1.23 bits per heavy atom. The highest BCUT2D eigenvalue weighted by Crippen LogP contribution is 2.44. The predicted octanol–water partition coefficient (Wildman–Crippen LogP) is 5.64. The van der Waals surface area contributed by atoms with E-state index in [1.807, 2.05) is 0 Å². The topological polar surface area (TPSA) is 109 Å². The Balaban J connectivity index is 1.36. The number of nitriles is 1. The number of amides is 1. The van der Waals surface area contributed by atoms with Crippen LogP contribution >= 0.6 is 11.3 Å². The summed E-state index contributed by atoms with van der Waals surface area (Å²) >= 11 is 1.44. The van der Waals surface area contributed by atoms with Crippen LogP contribution in [0.4, 0.5) is 5.00 Å². The number of ether oxygens (including phenoxy) is 1. The number of furan rings is 1. The molecule has 3 aromatic rings. The first-order valence-electron chi connectivity index (χ1n) is 11.4. The van der Waals surface area contributed by atoms with Crippen LogP contribution in [0.2, 0.25) is 0 Å². The Morgan fingerprint density at radius 3 is 2.60 bits per heavy atom. The van der Waals surface area contributed by atoms with Crippen LogP contribution < -0.4 is 5.32 Å². The molecule has 1 aliphatic rings. The SMILES string of the molecule is CC(C)(C)C1CCc2c(sc(NC(=O)COC(=O)c3ccc(-c4ccc(C=O)o4)cc3)c2C#N)C1. The van der Waals surface area contributed by atoms with Crippen molar-refractivity contribution in [1.29, 1.82) is 5.26 Å². The standard InChI is InChI=1S/C27H26N2O5S/c1-27(2,3)18-8-10-20-21(13-28)25(35-23(20)12-18)29-24(31)15-33-26(32)17-6-4-16(5-7-17)22-11-9-19(14-30)34-22/h4-7,9,11,14,18H,8,10,12,15H2,1-3H3,(H,29,31). The van der Waals surface area contributed by atoms with Gasteiger partial charge in [-0.1, -0.05) is 32.9 Å². The molecule has 35 heavy (non-hydrogen) atoms. The smallest absolute Gasteiger partial charge is 0.338 e. The van der Waals surface area contributed by atoms with Gasteiger partial charge >= 0.3 is 5.97 Å². The Labute approximate surface area is 207 Å². The van der Waals surface area contributed by atoms with Crippen molar-refractivity contribution in [3.63, 3.8) is 0 Å². The van der Waals surface area contributed by atoms with Gasteiger partial charge < -0.3 is 14.5 Å². The number of nitrogens with zero attached hydrogens (tertiary/aromatic N) is 1. The fraction of sp³-hybridized carbons (Fsp3) is 0.333. The number of benzene rings is 1. The second-order valence-corrected chi connectivity index (χ2v) is 10.8.